The third kappa shape index (κ3) is 16.4. The summed E-state index contributed by atoms with van der Waals surface area (Å²) in [6.07, 6.45) is 4.93. The van der Waals surface area contributed by atoms with E-state index < -0.39 is 43.8 Å². The number of halogens is 8. The van der Waals surface area contributed by atoms with Crippen molar-refractivity contribution in [2.75, 3.05) is 12.3 Å². The molecule has 6 aromatic carbocycles. The van der Waals surface area contributed by atoms with Crippen LogP contribution in [0.25, 0.3) is 0 Å². The molecule has 6 aromatic rings. The Bertz CT molecular complexity index is 1620. The summed E-state index contributed by atoms with van der Waals surface area (Å²) in [4.78, 5) is 0. The molecular weight excluding hydrogens is 876 g/mol. The van der Waals surface area contributed by atoms with E-state index in [1.54, 1.807) is 0 Å². The summed E-state index contributed by atoms with van der Waals surface area (Å²) in [5, 5.41) is 8.93. The fourth-order valence-corrected chi connectivity index (χ4v) is 15.9. The van der Waals surface area contributed by atoms with Crippen molar-refractivity contribution in [2.24, 2.45) is 11.8 Å². The van der Waals surface area contributed by atoms with Crippen molar-refractivity contribution in [3.63, 3.8) is 0 Å². The van der Waals surface area contributed by atoms with Gasteiger partial charge < -0.3 is 0 Å². The van der Waals surface area contributed by atoms with E-state index in [0.29, 0.717) is 11.8 Å². The van der Waals surface area contributed by atoms with E-state index in [1.807, 2.05) is 0 Å². The average molecular weight is 929 g/mol. The Balaban J connectivity index is 0.000000252. The molecule has 0 aliphatic heterocycles. The van der Waals surface area contributed by atoms with Gasteiger partial charge in [0.05, 0.1) is 12.3 Å². The van der Waals surface area contributed by atoms with E-state index in [9.17, 15) is 28.4 Å². The van der Waals surface area contributed by atoms with Crippen molar-refractivity contribution in [2.45, 2.75) is 40.5 Å². The van der Waals surface area contributed by atoms with E-state index in [1.165, 1.54) is 57.0 Å². The third-order valence-corrected chi connectivity index (χ3v) is 18.2. The van der Waals surface area contributed by atoms with Gasteiger partial charge in [0.25, 0.3) is 0 Å². The van der Waals surface area contributed by atoms with Crippen molar-refractivity contribution in [3.05, 3.63) is 182 Å². The Labute approximate surface area is 349 Å². The molecule has 0 amide bonds. The Morgan fingerprint density at radius 2 is 0.448 bits per heavy atom. The van der Waals surface area contributed by atoms with Crippen molar-refractivity contribution in [1.82, 2.24) is 0 Å². The molecule has 58 heavy (non-hydrogen) atoms. The molecule has 0 atom stereocenters. The second-order valence-electron chi connectivity index (χ2n) is 14.1. The zero-order valence-electron chi connectivity index (χ0n) is 33.0. The number of hydrogen-bond donors (Lipinski definition) is 0. The molecule has 6 rings (SSSR count). The van der Waals surface area contributed by atoms with Crippen LogP contribution in [0.2, 0.25) is 0 Å². The Morgan fingerprint density at radius 3 is 0.569 bits per heavy atom. The molecule has 12 heteroatoms. The van der Waals surface area contributed by atoms with Crippen LogP contribution in [0.4, 0.5) is 28.4 Å². The van der Waals surface area contributed by atoms with E-state index in [-0.39, 0.29) is 0 Å². The van der Waals surface area contributed by atoms with Crippen LogP contribution in [0.15, 0.2) is 182 Å². The minimum atomic E-state index is -6.62. The fraction of sp³-hybridized carbons (Fsp3) is 0.217. The topological polar surface area (TPSA) is 0 Å². The summed E-state index contributed by atoms with van der Waals surface area (Å²) < 4.78 is 78.6. The second kappa shape index (κ2) is 24.0. The first kappa shape index (κ1) is 49.0. The van der Waals surface area contributed by atoms with Gasteiger partial charge in [-0.25, -0.2) is 0 Å². The van der Waals surface area contributed by atoms with Crippen LogP contribution in [-0.4, -0.2) is 12.3 Å². The van der Waals surface area contributed by atoms with Crippen LogP contribution in [0.1, 0.15) is 40.5 Å². The monoisotopic (exact) mass is 928 g/mol. The molecule has 0 spiro atoms. The first-order valence-corrected chi connectivity index (χ1v) is 26.2. The van der Waals surface area contributed by atoms with Crippen LogP contribution in [0.3, 0.4) is 0 Å². The maximum atomic E-state index is 9.83. The Hall–Kier alpha value is -3.34. The predicted molar refractivity (Wildman–Crippen MR) is 228 cm³/mol. The molecule has 0 unspecified atom stereocenters. The van der Waals surface area contributed by atoms with Crippen LogP contribution in [-0.2, 0) is 29.3 Å². The molecule has 0 fully saturated rings. The van der Waals surface area contributed by atoms with Gasteiger partial charge in [0.2, 0.25) is 0 Å². The SMILES string of the molecule is CC(C)CC[P+](c1ccccc1)(c1ccccc1)c1ccccc1.CC(C)CC[P+](c1ccccc1)(c1ccccc1)c1ccccc1.[F][Mn-]([F])([F])[F].[F][Mn-]([F])([F])[F]. The number of hydrogen-bond acceptors (Lipinski definition) is 0. The summed E-state index contributed by atoms with van der Waals surface area (Å²) in [6.45, 7) is 9.32. The van der Waals surface area contributed by atoms with E-state index in [2.05, 4.69) is 210 Å². The standard InChI is InChI=1S/2C23H26P.8FH.2Mn/c2*1-20(2)18-19-24(21-12-6-3-7-13-21,22-14-8-4-9-15-22)23-16-10-5-11-17-23;;;;;;;;;;/h2*3-17,20H,18-19H2,1-2H3;8*1H;;/q2*+1;;;;;;;;;2*+3/p-8. The van der Waals surface area contributed by atoms with Crippen molar-refractivity contribution < 1.29 is 57.7 Å². The van der Waals surface area contributed by atoms with E-state index in [0.717, 1.165) is 0 Å². The Kier molecular flexibility index (Phi) is 20.3. The summed E-state index contributed by atoms with van der Waals surface area (Å²) in [7, 11) is -3.21. The molecule has 0 heterocycles. The zero-order chi connectivity index (χ0) is 42.7. The first-order valence-electron chi connectivity index (χ1n) is 18.7. The molecule has 0 radical (unpaired) electrons. The second-order valence-corrected chi connectivity index (χ2v) is 23.3. The van der Waals surface area contributed by atoms with Gasteiger partial charge in [0, 0.05) is 0 Å². The van der Waals surface area contributed by atoms with Gasteiger partial charge in [0.1, 0.15) is 46.4 Å². The van der Waals surface area contributed by atoms with Crippen molar-refractivity contribution in [3.8, 4) is 0 Å². The predicted octanol–water partition coefficient (Wildman–Crippen LogP) is 13.4. The van der Waals surface area contributed by atoms with Gasteiger partial charge in [0.15, 0.2) is 0 Å². The maximum absolute atomic E-state index is 9.83. The minimum absolute atomic E-state index is 0.709. The van der Waals surface area contributed by atoms with Crippen LogP contribution in [0.5, 0.6) is 0 Å². The first-order chi connectivity index (χ1) is 27.5. The molecule has 0 aliphatic carbocycles. The molecule has 0 saturated carbocycles. The van der Waals surface area contributed by atoms with Gasteiger partial charge >= 0.3 is 57.7 Å². The molecule has 0 aliphatic rings. The van der Waals surface area contributed by atoms with Crippen molar-refractivity contribution >= 4 is 46.4 Å². The third-order valence-electron chi connectivity index (χ3n) is 9.27. The molecule has 0 bridgehead atoms. The molecule has 316 valence electrons. The molecule has 0 nitrogen and oxygen atoms in total. The number of rotatable bonds is 12. The van der Waals surface area contributed by atoms with Crippen LogP contribution in [0, 0.1) is 11.8 Å². The van der Waals surface area contributed by atoms with Crippen LogP contribution < -0.4 is 31.8 Å². The summed E-state index contributed by atoms with van der Waals surface area (Å²) >= 11 is -13.2. The molecule has 0 N–H and O–H groups in total. The molecular formula is C46H52F8Mn2P2. The van der Waals surface area contributed by atoms with E-state index in [4.69, 9.17) is 0 Å². The van der Waals surface area contributed by atoms with Crippen LogP contribution >= 0.6 is 14.5 Å². The van der Waals surface area contributed by atoms with Crippen molar-refractivity contribution in [1.29, 1.82) is 0 Å². The van der Waals surface area contributed by atoms with Gasteiger partial charge in [-0.3, -0.25) is 0 Å². The summed E-state index contributed by atoms with van der Waals surface area (Å²) in [5.74, 6) is 1.42. The quantitative estimate of drug-likeness (QED) is 0.0652. The fourth-order valence-electron chi connectivity index (χ4n) is 6.67. The Morgan fingerprint density at radius 1 is 0.310 bits per heavy atom. The zero-order valence-corrected chi connectivity index (χ0v) is 37.1. The average Bonchev–Trinajstić information content (AvgIpc) is 3.20. The molecule has 0 saturated heterocycles. The summed E-state index contributed by atoms with van der Waals surface area (Å²) in [5.41, 5.74) is 0. The molecule has 0 aromatic heterocycles. The van der Waals surface area contributed by atoms with Gasteiger partial charge in [-0.1, -0.05) is 137 Å². The number of benzene rings is 6. The normalized spacial score (nSPS) is 12.2. The van der Waals surface area contributed by atoms with E-state index >= 15 is 0 Å². The summed E-state index contributed by atoms with van der Waals surface area (Å²) in [6, 6.07) is 66.9. The van der Waals surface area contributed by atoms with Gasteiger partial charge in [-0.15, -0.1) is 0 Å². The van der Waals surface area contributed by atoms with Gasteiger partial charge in [-0.2, -0.15) is 0 Å². The van der Waals surface area contributed by atoms with Gasteiger partial charge in [-0.05, 0) is 97.5 Å².